The van der Waals surface area contributed by atoms with E-state index in [2.05, 4.69) is 30.8 Å². The van der Waals surface area contributed by atoms with Crippen LogP contribution in [0.4, 0.5) is 0 Å². The maximum Gasteiger partial charge on any atom is 0.273 e. The van der Waals surface area contributed by atoms with Crippen LogP contribution in [0.5, 0.6) is 0 Å². The van der Waals surface area contributed by atoms with Crippen molar-refractivity contribution >= 4 is 17.2 Å². The average Bonchev–Trinajstić information content (AvgIpc) is 3.23. The second-order valence-electron chi connectivity index (χ2n) is 5.10. The van der Waals surface area contributed by atoms with Gasteiger partial charge in [-0.3, -0.25) is 9.78 Å². The zero-order chi connectivity index (χ0) is 16.2. The normalized spacial score (nSPS) is 10.9. The van der Waals surface area contributed by atoms with Gasteiger partial charge in [0.15, 0.2) is 5.69 Å². The minimum absolute atomic E-state index is 0.162. The quantitative estimate of drug-likeness (QED) is 0.765. The zero-order valence-corrected chi connectivity index (χ0v) is 13.5. The molecule has 0 fully saturated rings. The predicted octanol–water partition coefficient (Wildman–Crippen LogP) is 1.70. The Morgan fingerprint density at radius 2 is 2.04 bits per heavy atom. The SMILES string of the molecule is CC(C)n1cc(C(=O)NCc2nnc(-c3ccncc3)s2)nn1. The smallest absolute Gasteiger partial charge is 0.273 e. The molecule has 23 heavy (non-hydrogen) atoms. The van der Waals surface area contributed by atoms with Crippen molar-refractivity contribution in [3.05, 3.63) is 41.4 Å². The van der Waals surface area contributed by atoms with Crippen molar-refractivity contribution < 1.29 is 4.79 Å². The fourth-order valence-electron chi connectivity index (χ4n) is 1.82. The Balaban J connectivity index is 1.62. The monoisotopic (exact) mass is 329 g/mol. The molecule has 1 N–H and O–H groups in total. The first-order valence-electron chi connectivity index (χ1n) is 7.06. The van der Waals surface area contributed by atoms with Gasteiger partial charge in [-0.1, -0.05) is 16.6 Å². The summed E-state index contributed by atoms with van der Waals surface area (Å²) in [5.41, 5.74) is 1.24. The Hall–Kier alpha value is -2.68. The molecule has 0 radical (unpaired) electrons. The van der Waals surface area contributed by atoms with Crippen LogP contribution in [-0.4, -0.2) is 36.1 Å². The maximum absolute atomic E-state index is 12.1. The molecule has 0 saturated carbocycles. The molecule has 118 valence electrons. The summed E-state index contributed by atoms with van der Waals surface area (Å²) in [6.07, 6.45) is 5.04. The van der Waals surface area contributed by atoms with Crippen molar-refractivity contribution in [2.45, 2.75) is 26.4 Å². The number of hydrogen-bond donors (Lipinski definition) is 1. The molecule has 0 aliphatic heterocycles. The summed E-state index contributed by atoms with van der Waals surface area (Å²) in [6, 6.07) is 3.90. The summed E-state index contributed by atoms with van der Waals surface area (Å²) in [6.45, 7) is 4.24. The van der Waals surface area contributed by atoms with Crippen LogP contribution in [-0.2, 0) is 6.54 Å². The fourth-order valence-corrected chi connectivity index (χ4v) is 2.60. The summed E-state index contributed by atoms with van der Waals surface area (Å²) in [5.74, 6) is -0.280. The van der Waals surface area contributed by atoms with Gasteiger partial charge in [0, 0.05) is 24.0 Å². The van der Waals surface area contributed by atoms with Crippen molar-refractivity contribution in [1.82, 2.24) is 35.5 Å². The molecule has 3 aromatic rings. The molecule has 0 aliphatic rings. The lowest BCUT2D eigenvalue weighted by molar-refractivity contribution is 0.0945. The molecule has 0 spiro atoms. The number of aromatic nitrogens is 6. The van der Waals surface area contributed by atoms with E-state index >= 15 is 0 Å². The standard InChI is InChI=1S/C14H15N7OS/c1-9(2)21-8-11(17-20-21)13(22)16-7-12-18-19-14(23-12)10-3-5-15-6-4-10/h3-6,8-9H,7H2,1-2H3,(H,16,22). The van der Waals surface area contributed by atoms with E-state index in [4.69, 9.17) is 0 Å². The molecule has 0 aromatic carbocycles. The molecule has 3 rings (SSSR count). The van der Waals surface area contributed by atoms with E-state index in [1.54, 1.807) is 23.3 Å². The van der Waals surface area contributed by atoms with Gasteiger partial charge in [-0.05, 0) is 26.0 Å². The van der Waals surface area contributed by atoms with Gasteiger partial charge >= 0.3 is 0 Å². The van der Waals surface area contributed by atoms with Crippen LogP contribution in [0, 0.1) is 0 Å². The fraction of sp³-hybridized carbons (Fsp3) is 0.286. The van der Waals surface area contributed by atoms with Crippen molar-refractivity contribution in [3.63, 3.8) is 0 Å². The van der Waals surface area contributed by atoms with Crippen LogP contribution in [0.3, 0.4) is 0 Å². The van der Waals surface area contributed by atoms with Gasteiger partial charge in [-0.25, -0.2) is 4.68 Å². The average molecular weight is 329 g/mol. The third-order valence-electron chi connectivity index (χ3n) is 3.07. The van der Waals surface area contributed by atoms with Crippen molar-refractivity contribution in [1.29, 1.82) is 0 Å². The second-order valence-corrected chi connectivity index (χ2v) is 6.16. The number of amides is 1. The van der Waals surface area contributed by atoms with E-state index in [1.165, 1.54) is 11.3 Å². The number of nitrogens with zero attached hydrogens (tertiary/aromatic N) is 6. The highest BCUT2D eigenvalue weighted by atomic mass is 32.1. The molecule has 0 saturated heterocycles. The van der Waals surface area contributed by atoms with E-state index in [-0.39, 0.29) is 17.6 Å². The Kier molecular flexibility index (Phi) is 4.38. The Morgan fingerprint density at radius 1 is 1.26 bits per heavy atom. The lowest BCUT2D eigenvalue weighted by Gasteiger charge is -2.01. The predicted molar refractivity (Wildman–Crippen MR) is 84.7 cm³/mol. The van der Waals surface area contributed by atoms with E-state index < -0.39 is 0 Å². The number of hydrogen-bond acceptors (Lipinski definition) is 7. The highest BCUT2D eigenvalue weighted by Gasteiger charge is 2.13. The summed E-state index contributed by atoms with van der Waals surface area (Å²) in [5, 5.41) is 20.3. The van der Waals surface area contributed by atoms with Crippen LogP contribution >= 0.6 is 11.3 Å². The van der Waals surface area contributed by atoms with Gasteiger partial charge in [0.1, 0.15) is 10.0 Å². The topological polar surface area (TPSA) is 98.5 Å². The Labute approximate surface area is 136 Å². The van der Waals surface area contributed by atoms with Crippen LogP contribution in [0.2, 0.25) is 0 Å². The third-order valence-corrected chi connectivity index (χ3v) is 4.04. The number of carbonyl (C=O) groups is 1. The van der Waals surface area contributed by atoms with Gasteiger partial charge in [0.2, 0.25) is 0 Å². The number of pyridine rings is 1. The molecule has 9 heteroatoms. The summed E-state index contributed by atoms with van der Waals surface area (Å²) in [4.78, 5) is 16.0. The van der Waals surface area contributed by atoms with Crippen LogP contribution in [0.1, 0.15) is 35.4 Å². The zero-order valence-electron chi connectivity index (χ0n) is 12.7. The molecule has 3 heterocycles. The minimum Gasteiger partial charge on any atom is -0.344 e. The van der Waals surface area contributed by atoms with Gasteiger partial charge < -0.3 is 5.32 Å². The van der Waals surface area contributed by atoms with Crippen LogP contribution in [0.15, 0.2) is 30.7 Å². The van der Waals surface area contributed by atoms with E-state index in [0.29, 0.717) is 6.54 Å². The largest absolute Gasteiger partial charge is 0.344 e. The Bertz CT molecular complexity index is 796. The number of rotatable bonds is 5. The lowest BCUT2D eigenvalue weighted by Crippen LogP contribution is -2.23. The first kappa shape index (κ1) is 15.2. The molecule has 3 aromatic heterocycles. The summed E-state index contributed by atoms with van der Waals surface area (Å²) >= 11 is 1.43. The van der Waals surface area contributed by atoms with Crippen molar-refractivity contribution in [3.8, 4) is 10.6 Å². The maximum atomic E-state index is 12.1. The van der Waals surface area contributed by atoms with Crippen LogP contribution < -0.4 is 5.32 Å². The first-order valence-corrected chi connectivity index (χ1v) is 7.88. The van der Waals surface area contributed by atoms with Crippen LogP contribution in [0.25, 0.3) is 10.6 Å². The van der Waals surface area contributed by atoms with E-state index in [0.717, 1.165) is 15.6 Å². The molecular formula is C14H15N7OS. The van der Waals surface area contributed by atoms with E-state index in [9.17, 15) is 4.79 Å². The molecule has 0 atom stereocenters. The van der Waals surface area contributed by atoms with Gasteiger partial charge in [-0.2, -0.15) is 0 Å². The van der Waals surface area contributed by atoms with E-state index in [1.807, 2.05) is 26.0 Å². The molecular weight excluding hydrogens is 314 g/mol. The molecule has 1 amide bonds. The minimum atomic E-state index is -0.280. The molecule has 0 aliphatic carbocycles. The number of nitrogens with one attached hydrogen (secondary N) is 1. The lowest BCUT2D eigenvalue weighted by atomic mass is 10.3. The van der Waals surface area contributed by atoms with Gasteiger partial charge in [0.25, 0.3) is 5.91 Å². The first-order chi connectivity index (χ1) is 11.1. The summed E-state index contributed by atoms with van der Waals surface area (Å²) in [7, 11) is 0. The van der Waals surface area contributed by atoms with Gasteiger partial charge in [0.05, 0.1) is 12.7 Å². The molecule has 0 unspecified atom stereocenters. The highest BCUT2D eigenvalue weighted by molar-refractivity contribution is 7.14. The highest BCUT2D eigenvalue weighted by Crippen LogP contribution is 2.22. The molecule has 8 nitrogen and oxygen atoms in total. The number of carbonyl (C=O) groups excluding carboxylic acids is 1. The molecule has 0 bridgehead atoms. The third kappa shape index (κ3) is 3.57. The van der Waals surface area contributed by atoms with Crippen molar-refractivity contribution in [2.75, 3.05) is 0 Å². The second kappa shape index (κ2) is 6.61. The van der Waals surface area contributed by atoms with Crippen molar-refractivity contribution in [2.24, 2.45) is 0 Å². The Morgan fingerprint density at radius 3 is 2.74 bits per heavy atom. The van der Waals surface area contributed by atoms with Gasteiger partial charge in [-0.15, -0.1) is 15.3 Å². The summed E-state index contributed by atoms with van der Waals surface area (Å²) < 4.78 is 1.64.